The van der Waals surface area contributed by atoms with Crippen LogP contribution in [0.5, 0.6) is 0 Å². The van der Waals surface area contributed by atoms with Crippen LogP contribution in [0.2, 0.25) is 0 Å². The number of anilines is 1. The second-order valence-corrected chi connectivity index (χ2v) is 8.24. The molecule has 0 fully saturated rings. The molecule has 0 spiro atoms. The molecule has 0 unspecified atom stereocenters. The third-order valence-corrected chi connectivity index (χ3v) is 5.58. The number of benzene rings is 2. The average molecular weight is 423 g/mol. The molecule has 2 amide bonds. The van der Waals surface area contributed by atoms with Crippen LogP contribution in [0, 0.1) is 6.92 Å². The van der Waals surface area contributed by atoms with Gasteiger partial charge in [0.25, 0.3) is 5.91 Å². The van der Waals surface area contributed by atoms with Crippen LogP contribution in [0.15, 0.2) is 48.5 Å². The number of hydrogen-bond donors (Lipinski definition) is 2. The molecule has 0 bridgehead atoms. The van der Waals surface area contributed by atoms with Crippen molar-refractivity contribution in [3.05, 3.63) is 65.2 Å². The molecule has 3 rings (SSSR count). The van der Waals surface area contributed by atoms with Crippen LogP contribution in [-0.2, 0) is 11.2 Å². The number of rotatable bonds is 8. The summed E-state index contributed by atoms with van der Waals surface area (Å²) in [6.07, 6.45) is 3.26. The summed E-state index contributed by atoms with van der Waals surface area (Å²) in [6, 6.07) is 14.7. The maximum atomic E-state index is 12.5. The molecule has 0 aliphatic rings. The van der Waals surface area contributed by atoms with Crippen LogP contribution in [0.4, 0.5) is 5.13 Å². The lowest BCUT2D eigenvalue weighted by Crippen LogP contribution is -2.41. The van der Waals surface area contributed by atoms with Crippen LogP contribution in [0.25, 0.3) is 10.6 Å². The molecule has 1 heterocycles. The minimum atomic E-state index is -0.705. The van der Waals surface area contributed by atoms with E-state index in [2.05, 4.69) is 27.8 Å². The number of unbranched alkanes of at least 4 members (excludes halogenated alkanes) is 1. The van der Waals surface area contributed by atoms with Gasteiger partial charge in [-0.2, -0.15) is 0 Å². The van der Waals surface area contributed by atoms with Gasteiger partial charge in [-0.25, -0.2) is 0 Å². The Balaban J connectivity index is 1.56. The topological polar surface area (TPSA) is 84.0 Å². The molecule has 3 aromatic rings. The molecule has 156 valence electrons. The predicted molar refractivity (Wildman–Crippen MR) is 121 cm³/mol. The molecule has 0 saturated heterocycles. The Labute approximate surface area is 180 Å². The Morgan fingerprint density at radius 2 is 1.87 bits per heavy atom. The number of nitrogens with one attached hydrogen (secondary N) is 2. The summed E-state index contributed by atoms with van der Waals surface area (Å²) in [5.41, 5.74) is 3.83. The van der Waals surface area contributed by atoms with Gasteiger partial charge in [-0.1, -0.05) is 60.6 Å². The molecule has 7 heteroatoms. The van der Waals surface area contributed by atoms with Crippen molar-refractivity contribution >= 4 is 28.3 Å². The molecule has 0 aliphatic heterocycles. The SMILES string of the molecule is CCCCc1ccc(C(=O)N[C@H](C)C(=O)Nc2nnc(-c3cccc(C)c3)s2)cc1. The quantitative estimate of drug-likeness (QED) is 0.555. The van der Waals surface area contributed by atoms with Crippen LogP contribution in [-0.4, -0.2) is 28.1 Å². The van der Waals surface area contributed by atoms with Gasteiger partial charge in [0, 0.05) is 11.1 Å². The van der Waals surface area contributed by atoms with Gasteiger partial charge in [0.2, 0.25) is 11.0 Å². The minimum Gasteiger partial charge on any atom is -0.341 e. The molecule has 0 radical (unpaired) electrons. The second kappa shape index (κ2) is 10.1. The first kappa shape index (κ1) is 21.6. The standard InChI is InChI=1S/C23H26N4O2S/c1-4-5-8-17-10-12-18(13-11-17)21(29)24-16(3)20(28)25-23-27-26-22(30-23)19-9-6-7-15(2)14-19/h6-7,9-14,16H,4-5,8H2,1-3H3,(H,24,29)(H,25,27,28)/t16-/m1/s1. The largest absolute Gasteiger partial charge is 0.341 e. The number of carbonyl (C=O) groups is 2. The molecule has 0 saturated carbocycles. The van der Waals surface area contributed by atoms with Crippen molar-refractivity contribution in [1.29, 1.82) is 0 Å². The van der Waals surface area contributed by atoms with Crippen LogP contribution in [0.3, 0.4) is 0 Å². The zero-order valence-corrected chi connectivity index (χ0v) is 18.3. The monoisotopic (exact) mass is 422 g/mol. The lowest BCUT2D eigenvalue weighted by molar-refractivity contribution is -0.117. The van der Waals surface area contributed by atoms with Gasteiger partial charge in [-0.3, -0.25) is 14.9 Å². The van der Waals surface area contributed by atoms with Gasteiger partial charge >= 0.3 is 0 Å². The Bertz CT molecular complexity index is 1010. The summed E-state index contributed by atoms with van der Waals surface area (Å²) in [6.45, 7) is 5.81. The highest BCUT2D eigenvalue weighted by atomic mass is 32.1. The first-order valence-electron chi connectivity index (χ1n) is 10.1. The Morgan fingerprint density at radius 1 is 1.10 bits per heavy atom. The fraction of sp³-hybridized carbons (Fsp3) is 0.304. The Morgan fingerprint density at radius 3 is 2.57 bits per heavy atom. The van der Waals surface area contributed by atoms with Gasteiger partial charge < -0.3 is 5.32 Å². The summed E-state index contributed by atoms with van der Waals surface area (Å²) in [5, 5.41) is 14.8. The molecular weight excluding hydrogens is 396 g/mol. The van der Waals surface area contributed by atoms with Gasteiger partial charge in [-0.05, 0) is 50.5 Å². The molecule has 6 nitrogen and oxygen atoms in total. The third kappa shape index (κ3) is 5.73. The predicted octanol–water partition coefficient (Wildman–Crippen LogP) is 4.61. The van der Waals surface area contributed by atoms with E-state index < -0.39 is 6.04 Å². The summed E-state index contributed by atoms with van der Waals surface area (Å²) < 4.78 is 0. The molecule has 1 aromatic heterocycles. The van der Waals surface area contributed by atoms with Crippen LogP contribution in [0.1, 0.15) is 48.2 Å². The highest BCUT2D eigenvalue weighted by Crippen LogP contribution is 2.26. The minimum absolute atomic E-state index is 0.280. The lowest BCUT2D eigenvalue weighted by Gasteiger charge is -2.13. The smallest absolute Gasteiger partial charge is 0.251 e. The molecule has 0 aliphatic carbocycles. The number of aromatic nitrogens is 2. The first-order valence-corrected chi connectivity index (χ1v) is 10.9. The van der Waals surface area contributed by atoms with E-state index in [9.17, 15) is 9.59 Å². The van der Waals surface area contributed by atoms with E-state index in [4.69, 9.17) is 0 Å². The zero-order valence-electron chi connectivity index (χ0n) is 17.4. The fourth-order valence-corrected chi connectivity index (χ4v) is 3.67. The Hall–Kier alpha value is -3.06. The Kier molecular flexibility index (Phi) is 7.30. The molecule has 1 atom stereocenters. The van der Waals surface area contributed by atoms with Crippen molar-refractivity contribution in [3.8, 4) is 10.6 Å². The van der Waals surface area contributed by atoms with Gasteiger partial charge in [-0.15, -0.1) is 10.2 Å². The van der Waals surface area contributed by atoms with E-state index in [0.29, 0.717) is 10.7 Å². The van der Waals surface area contributed by atoms with E-state index in [-0.39, 0.29) is 11.8 Å². The summed E-state index contributed by atoms with van der Waals surface area (Å²) in [7, 11) is 0. The molecular formula is C23H26N4O2S. The molecule has 2 aromatic carbocycles. The number of carbonyl (C=O) groups excluding carboxylic acids is 2. The van der Waals surface area contributed by atoms with Crippen molar-refractivity contribution < 1.29 is 9.59 Å². The molecule has 30 heavy (non-hydrogen) atoms. The van der Waals surface area contributed by atoms with Gasteiger partial charge in [0.1, 0.15) is 11.0 Å². The fourth-order valence-electron chi connectivity index (χ4n) is 2.93. The van der Waals surface area contributed by atoms with Crippen molar-refractivity contribution in [1.82, 2.24) is 15.5 Å². The van der Waals surface area contributed by atoms with Gasteiger partial charge in [0.15, 0.2) is 0 Å². The highest BCUT2D eigenvalue weighted by molar-refractivity contribution is 7.18. The maximum absolute atomic E-state index is 12.5. The summed E-state index contributed by atoms with van der Waals surface area (Å²) >= 11 is 1.30. The van der Waals surface area contributed by atoms with Crippen LogP contribution >= 0.6 is 11.3 Å². The summed E-state index contributed by atoms with van der Waals surface area (Å²) in [5.74, 6) is -0.618. The highest BCUT2D eigenvalue weighted by Gasteiger charge is 2.18. The van der Waals surface area contributed by atoms with Crippen LogP contribution < -0.4 is 10.6 Å². The van der Waals surface area contributed by atoms with E-state index in [1.807, 2.05) is 43.3 Å². The lowest BCUT2D eigenvalue weighted by atomic mass is 10.1. The maximum Gasteiger partial charge on any atom is 0.251 e. The van der Waals surface area contributed by atoms with E-state index in [1.54, 1.807) is 19.1 Å². The normalized spacial score (nSPS) is 11.7. The first-order chi connectivity index (χ1) is 14.5. The van der Waals surface area contributed by atoms with E-state index in [1.165, 1.54) is 16.9 Å². The number of nitrogens with zero attached hydrogens (tertiary/aromatic N) is 2. The zero-order chi connectivity index (χ0) is 21.5. The van der Waals surface area contributed by atoms with Crippen molar-refractivity contribution in [2.24, 2.45) is 0 Å². The number of hydrogen-bond acceptors (Lipinski definition) is 5. The van der Waals surface area contributed by atoms with Crippen molar-refractivity contribution in [2.45, 2.75) is 46.1 Å². The number of amides is 2. The average Bonchev–Trinajstić information content (AvgIpc) is 3.21. The summed E-state index contributed by atoms with van der Waals surface area (Å²) in [4.78, 5) is 24.9. The van der Waals surface area contributed by atoms with Crippen molar-refractivity contribution in [2.75, 3.05) is 5.32 Å². The third-order valence-electron chi connectivity index (χ3n) is 4.70. The number of aryl methyl sites for hydroxylation is 2. The van der Waals surface area contributed by atoms with E-state index in [0.717, 1.165) is 35.4 Å². The molecule has 2 N–H and O–H groups in total. The second-order valence-electron chi connectivity index (χ2n) is 7.27. The van der Waals surface area contributed by atoms with Crippen molar-refractivity contribution in [3.63, 3.8) is 0 Å². The van der Waals surface area contributed by atoms with Gasteiger partial charge in [0.05, 0.1) is 0 Å². The van der Waals surface area contributed by atoms with E-state index >= 15 is 0 Å².